The Bertz CT molecular complexity index is 782. The Morgan fingerprint density at radius 2 is 2.05 bits per heavy atom. The molecule has 1 unspecified atom stereocenters. The lowest BCUT2D eigenvalue weighted by Crippen LogP contribution is -2.01. The summed E-state index contributed by atoms with van der Waals surface area (Å²) >= 11 is 1.47. The highest BCUT2D eigenvalue weighted by molar-refractivity contribution is 7.15. The Morgan fingerprint density at radius 1 is 1.23 bits per heavy atom. The smallest absolute Gasteiger partial charge is 0.203 e. The van der Waals surface area contributed by atoms with Crippen LogP contribution in [0.15, 0.2) is 48.6 Å². The monoisotopic (exact) mass is 312 g/mol. The number of benzene rings is 1. The highest BCUT2D eigenvalue weighted by atomic mass is 32.1. The lowest BCUT2D eigenvalue weighted by molar-refractivity contribution is 0.104. The minimum absolute atomic E-state index is 0.0567. The molecule has 0 saturated carbocycles. The molecule has 0 amide bonds. The fraction of sp³-hybridized carbons (Fsp3) is 0.211. The summed E-state index contributed by atoms with van der Waals surface area (Å²) in [5.74, 6) is 0.0567. The summed E-state index contributed by atoms with van der Waals surface area (Å²) < 4.78 is 13.1. The van der Waals surface area contributed by atoms with E-state index >= 15 is 0 Å². The molecule has 22 heavy (non-hydrogen) atoms. The molecule has 1 atom stereocenters. The fourth-order valence-electron chi connectivity index (χ4n) is 2.51. The number of hydrogen-bond acceptors (Lipinski definition) is 2. The summed E-state index contributed by atoms with van der Waals surface area (Å²) in [5.41, 5.74) is 3.82. The van der Waals surface area contributed by atoms with E-state index in [0.29, 0.717) is 6.42 Å². The van der Waals surface area contributed by atoms with Gasteiger partial charge < -0.3 is 0 Å². The molecule has 1 aromatic heterocycles. The van der Waals surface area contributed by atoms with Crippen LogP contribution in [0.5, 0.6) is 0 Å². The summed E-state index contributed by atoms with van der Waals surface area (Å²) in [5, 5.41) is 0. The van der Waals surface area contributed by atoms with Crippen LogP contribution in [0.2, 0.25) is 0 Å². The van der Waals surface area contributed by atoms with Crippen molar-refractivity contribution in [3.05, 3.63) is 75.0 Å². The molecule has 1 aliphatic rings. The molecule has 0 spiro atoms. The molecule has 3 heteroatoms. The highest BCUT2D eigenvalue weighted by Gasteiger charge is 2.16. The van der Waals surface area contributed by atoms with Gasteiger partial charge in [0.15, 0.2) is 0 Å². The quantitative estimate of drug-likeness (QED) is 0.705. The average Bonchev–Trinajstić information content (AvgIpc) is 2.99. The van der Waals surface area contributed by atoms with E-state index in [9.17, 15) is 9.18 Å². The van der Waals surface area contributed by atoms with Gasteiger partial charge in [0.1, 0.15) is 6.17 Å². The first kappa shape index (κ1) is 14.9. The van der Waals surface area contributed by atoms with Gasteiger partial charge in [-0.05, 0) is 49.3 Å². The Balaban J connectivity index is 1.89. The molecule has 3 rings (SSSR count). The van der Waals surface area contributed by atoms with Crippen molar-refractivity contribution in [3.8, 4) is 0 Å². The van der Waals surface area contributed by atoms with Crippen LogP contribution in [0.3, 0.4) is 0 Å². The molecule has 112 valence electrons. The fourth-order valence-corrected chi connectivity index (χ4v) is 3.49. The normalized spacial score (nSPS) is 17.4. The SMILES string of the molecule is Cc1ccc(C)c(C(=O)c2ccc(C3=CCC(F)C=C3)s2)c1. The first-order valence-electron chi connectivity index (χ1n) is 7.29. The van der Waals surface area contributed by atoms with Gasteiger partial charge >= 0.3 is 0 Å². The van der Waals surface area contributed by atoms with Gasteiger partial charge in [0, 0.05) is 16.9 Å². The van der Waals surface area contributed by atoms with Crippen LogP contribution in [0.4, 0.5) is 4.39 Å². The summed E-state index contributed by atoms with van der Waals surface area (Å²) in [7, 11) is 0. The highest BCUT2D eigenvalue weighted by Crippen LogP contribution is 2.30. The maximum atomic E-state index is 13.1. The molecule has 0 N–H and O–H groups in total. The Labute approximate surface area is 133 Å². The van der Waals surface area contributed by atoms with Crippen LogP contribution in [-0.4, -0.2) is 12.0 Å². The summed E-state index contributed by atoms with van der Waals surface area (Å²) in [6, 6.07) is 9.73. The average molecular weight is 312 g/mol. The number of carbonyl (C=O) groups excluding carboxylic acids is 1. The second kappa shape index (κ2) is 6.01. The molecule has 0 fully saturated rings. The Hall–Kier alpha value is -2.00. The number of halogens is 1. The van der Waals surface area contributed by atoms with Crippen molar-refractivity contribution in [1.29, 1.82) is 0 Å². The van der Waals surface area contributed by atoms with Crippen LogP contribution < -0.4 is 0 Å². The van der Waals surface area contributed by atoms with Crippen LogP contribution in [0, 0.1) is 13.8 Å². The number of thiophene rings is 1. The zero-order valence-corrected chi connectivity index (χ0v) is 13.4. The first-order valence-corrected chi connectivity index (χ1v) is 8.11. The van der Waals surface area contributed by atoms with Crippen LogP contribution in [0.25, 0.3) is 5.57 Å². The Kier molecular flexibility index (Phi) is 4.08. The van der Waals surface area contributed by atoms with E-state index in [-0.39, 0.29) is 5.78 Å². The number of ketones is 1. The van der Waals surface area contributed by atoms with Crippen molar-refractivity contribution in [3.63, 3.8) is 0 Å². The van der Waals surface area contributed by atoms with E-state index in [4.69, 9.17) is 0 Å². The number of alkyl halides is 1. The predicted octanol–water partition coefficient (Wildman–Crippen LogP) is 5.28. The molecule has 1 aromatic carbocycles. The zero-order valence-electron chi connectivity index (χ0n) is 12.6. The van der Waals surface area contributed by atoms with Gasteiger partial charge in [-0.15, -0.1) is 11.3 Å². The lowest BCUT2D eigenvalue weighted by Gasteiger charge is -2.07. The van der Waals surface area contributed by atoms with Gasteiger partial charge in [-0.2, -0.15) is 0 Å². The lowest BCUT2D eigenvalue weighted by atomic mass is 10.0. The van der Waals surface area contributed by atoms with Gasteiger partial charge in [0.05, 0.1) is 4.88 Å². The van der Waals surface area contributed by atoms with Crippen molar-refractivity contribution in [2.75, 3.05) is 0 Å². The van der Waals surface area contributed by atoms with E-state index in [2.05, 4.69) is 0 Å². The molecule has 1 heterocycles. The number of hydrogen-bond donors (Lipinski definition) is 0. The van der Waals surface area contributed by atoms with Gasteiger partial charge in [-0.1, -0.05) is 29.8 Å². The van der Waals surface area contributed by atoms with E-state index < -0.39 is 6.17 Å². The Morgan fingerprint density at radius 3 is 2.77 bits per heavy atom. The number of allylic oxidation sites excluding steroid dienone is 4. The zero-order chi connectivity index (χ0) is 15.7. The molecule has 2 aromatic rings. The van der Waals surface area contributed by atoms with Crippen molar-refractivity contribution in [2.45, 2.75) is 26.4 Å². The van der Waals surface area contributed by atoms with Crippen molar-refractivity contribution in [2.24, 2.45) is 0 Å². The molecular formula is C19H17FOS. The standard InChI is InChI=1S/C19H17FOS/c1-12-3-4-13(2)16(11-12)19(21)18-10-9-17(22-18)14-5-7-15(20)8-6-14/h3-7,9-11,15H,8H2,1-2H3. The van der Waals surface area contributed by atoms with Gasteiger partial charge in [0.2, 0.25) is 5.78 Å². The molecule has 0 aliphatic heterocycles. The van der Waals surface area contributed by atoms with Crippen molar-refractivity contribution >= 4 is 22.7 Å². The van der Waals surface area contributed by atoms with E-state index in [0.717, 1.165) is 32.0 Å². The number of aryl methyl sites for hydroxylation is 2. The summed E-state index contributed by atoms with van der Waals surface area (Å²) in [4.78, 5) is 14.4. The van der Waals surface area contributed by atoms with Gasteiger partial charge in [-0.3, -0.25) is 4.79 Å². The minimum atomic E-state index is -0.889. The van der Waals surface area contributed by atoms with Crippen molar-refractivity contribution < 1.29 is 9.18 Å². The van der Waals surface area contributed by atoms with Crippen LogP contribution in [-0.2, 0) is 0 Å². The maximum absolute atomic E-state index is 13.1. The molecule has 0 radical (unpaired) electrons. The molecular weight excluding hydrogens is 295 g/mol. The first-order chi connectivity index (χ1) is 10.5. The molecule has 1 nitrogen and oxygen atoms in total. The second-order valence-corrected chi connectivity index (χ2v) is 6.67. The number of carbonyl (C=O) groups is 1. The topological polar surface area (TPSA) is 17.1 Å². The summed E-state index contributed by atoms with van der Waals surface area (Å²) in [6.45, 7) is 3.94. The third-order valence-electron chi connectivity index (χ3n) is 3.80. The van der Waals surface area contributed by atoms with Gasteiger partial charge in [-0.25, -0.2) is 4.39 Å². The van der Waals surface area contributed by atoms with Crippen LogP contribution in [0.1, 0.15) is 37.7 Å². The third kappa shape index (κ3) is 2.95. The largest absolute Gasteiger partial charge is 0.288 e. The van der Waals surface area contributed by atoms with Gasteiger partial charge in [0.25, 0.3) is 0 Å². The van der Waals surface area contributed by atoms with Crippen molar-refractivity contribution in [1.82, 2.24) is 0 Å². The van der Waals surface area contributed by atoms with E-state index in [1.54, 1.807) is 12.2 Å². The van der Waals surface area contributed by atoms with E-state index in [1.165, 1.54) is 11.3 Å². The van der Waals surface area contributed by atoms with Crippen LogP contribution >= 0.6 is 11.3 Å². The minimum Gasteiger partial charge on any atom is -0.288 e. The third-order valence-corrected chi connectivity index (χ3v) is 4.93. The number of rotatable bonds is 3. The molecule has 0 saturated heterocycles. The molecule has 1 aliphatic carbocycles. The maximum Gasteiger partial charge on any atom is 0.203 e. The second-order valence-electron chi connectivity index (χ2n) is 5.58. The van der Waals surface area contributed by atoms with E-state index in [1.807, 2.05) is 50.3 Å². The predicted molar refractivity (Wildman–Crippen MR) is 90.3 cm³/mol. The summed E-state index contributed by atoms with van der Waals surface area (Å²) in [6.07, 6.45) is 4.78. The molecule has 0 bridgehead atoms.